The van der Waals surface area contributed by atoms with Gasteiger partial charge in [-0.15, -0.1) is 10.2 Å². The van der Waals surface area contributed by atoms with Crippen molar-refractivity contribution in [1.82, 2.24) is 44.7 Å². The number of ketones is 4. The molecule has 11 aromatic rings. The van der Waals surface area contributed by atoms with E-state index in [1.165, 1.54) is 17.0 Å². The number of hydrogen-bond donors (Lipinski definition) is 4. The van der Waals surface area contributed by atoms with Gasteiger partial charge in [-0.1, -0.05) is 210 Å². The van der Waals surface area contributed by atoms with Crippen LogP contribution in [0.3, 0.4) is 0 Å². The van der Waals surface area contributed by atoms with E-state index in [2.05, 4.69) is 80.3 Å². The number of carbonyl (C=O) groups is 4. The Morgan fingerprint density at radius 3 is 1.36 bits per heavy atom. The largest absolute Gasteiger partial charge is 0.454 e. The van der Waals surface area contributed by atoms with Crippen molar-refractivity contribution < 1.29 is 32.3 Å². The Kier molecular flexibility index (Phi) is 41.3. The van der Waals surface area contributed by atoms with Gasteiger partial charge in [0.25, 0.3) is 5.78 Å². The van der Waals surface area contributed by atoms with Crippen LogP contribution < -0.4 is 0 Å². The van der Waals surface area contributed by atoms with E-state index in [1.807, 2.05) is 204 Å². The lowest BCUT2D eigenvalue weighted by atomic mass is 10.1. The van der Waals surface area contributed by atoms with Gasteiger partial charge in [-0.2, -0.15) is 28.9 Å². The summed E-state index contributed by atoms with van der Waals surface area (Å²) in [6.07, 6.45) is 7.11. The Balaban J connectivity index is 0.00000105. The van der Waals surface area contributed by atoms with Gasteiger partial charge in [-0.25, -0.2) is 0 Å². The van der Waals surface area contributed by atoms with Gasteiger partial charge in [0, 0.05) is 147 Å². The highest BCUT2D eigenvalue weighted by Crippen LogP contribution is 2.28. The molecule has 0 aliphatic heterocycles. The fraction of sp³-hybridized carbons (Fsp3) is 0.338. The molecule has 0 unspecified atom stereocenters. The lowest BCUT2D eigenvalue weighted by molar-refractivity contribution is -0.0884. The number of benzene rings is 5. The molecule has 0 atom stereocenters. The zero-order valence-corrected chi connectivity index (χ0v) is 55.2. The summed E-state index contributed by atoms with van der Waals surface area (Å²) in [4.78, 5) is 55.1. The lowest BCUT2D eigenvalue weighted by Gasteiger charge is -2.02. The van der Waals surface area contributed by atoms with Crippen LogP contribution in [0.1, 0.15) is 177 Å². The fourth-order valence-electron chi connectivity index (χ4n) is 8.31. The number of para-hydroxylation sites is 5. The minimum atomic E-state index is -4.83. The molecule has 4 N–H and O–H groups in total. The molecular weight excluding hydrogens is 1210 g/mol. The predicted molar refractivity (Wildman–Crippen MR) is 369 cm³/mol. The van der Waals surface area contributed by atoms with E-state index in [1.54, 1.807) is 24.4 Å². The lowest BCUT2D eigenvalue weighted by Crippen LogP contribution is -2.22. The molecule has 6 aromatic heterocycles. The Morgan fingerprint density at radius 2 is 0.933 bits per heavy atom. The first-order valence-corrected chi connectivity index (χ1v) is 31.4. The number of carbonyl (C=O) groups excluding carboxylic acids is 4. The molecule has 15 nitrogen and oxygen atoms in total. The molecule has 0 bridgehead atoms. The van der Waals surface area contributed by atoms with Gasteiger partial charge in [-0.3, -0.25) is 19.2 Å². The number of halogens is 4. The molecule has 0 spiro atoms. The van der Waals surface area contributed by atoms with E-state index >= 15 is 0 Å². The van der Waals surface area contributed by atoms with E-state index in [-0.39, 0.29) is 30.3 Å². The van der Waals surface area contributed by atoms with Crippen LogP contribution in [0.15, 0.2) is 158 Å². The number of alkyl halides is 4. The van der Waals surface area contributed by atoms with Crippen LogP contribution in [0.5, 0.6) is 0 Å². The van der Waals surface area contributed by atoms with E-state index < -0.39 is 12.0 Å². The Labute approximate surface area is 537 Å². The molecule has 0 saturated heterocycles. The highest BCUT2D eigenvalue weighted by molar-refractivity contribution is 9.09. The predicted octanol–water partition coefficient (Wildman–Crippen LogP) is 20.0. The zero-order valence-electron chi connectivity index (χ0n) is 53.7. The molecule has 0 fully saturated rings. The third-order valence-electron chi connectivity index (χ3n) is 12.2. The third-order valence-corrected chi connectivity index (χ3v) is 12.6. The number of aromatic nitrogens is 9. The van der Waals surface area contributed by atoms with E-state index in [4.69, 9.17) is 10.5 Å². The van der Waals surface area contributed by atoms with Crippen molar-refractivity contribution in [2.75, 3.05) is 5.33 Å². The molecule has 6 heterocycles. The van der Waals surface area contributed by atoms with Gasteiger partial charge in [-0.05, 0) is 41.8 Å². The van der Waals surface area contributed by atoms with Crippen molar-refractivity contribution in [3.63, 3.8) is 0 Å². The standard InChI is InChI=1S/C14H15N5O.C14H14N2O.C11H11NO.C10H6F3NO.C8H7N.C3H4BrN.5C2H6.CH4/c1-2-13(20)11-9-19(8-7-14-15-17-18-16-14)12-6-4-3-5-10(11)12;1-2-14(17)12-10-16(9-5-8-15)13-7-4-3-6-11(12)13;1-2-11(13)9-7-12-10-6-4-3-5-8(9)10;11-10(12,13)9(15)7-5-14-8-4-2-1-3-6(7)8;1-2-4-8-7(3-1)5-6-9-8;4-2-1-3-5;5*1-2;/h3-6,9H,2,7-8H2,1H3,(H,15,16,17,18);3-4,6-7,10H,2,5,9H2,1H3;3-7,12H,2H2,1H3;1-5,14H;1-6,9H;1-2H2;5*1-2H3;1H4. The molecule has 482 valence electrons. The minimum absolute atomic E-state index is 0. The number of tetrazole rings is 1. The molecule has 11 rings (SSSR count). The van der Waals surface area contributed by atoms with Gasteiger partial charge in [0.1, 0.15) is 0 Å². The quantitative estimate of drug-likeness (QED) is 0.0635. The maximum atomic E-state index is 12.2. The summed E-state index contributed by atoms with van der Waals surface area (Å²) in [7, 11) is 0. The topological polar surface area (TPSA) is 228 Å². The summed E-state index contributed by atoms with van der Waals surface area (Å²) in [5.74, 6) is -0.639. The second-order valence-corrected chi connectivity index (χ2v) is 18.1. The van der Waals surface area contributed by atoms with Crippen molar-refractivity contribution in [3.8, 4) is 12.1 Å². The van der Waals surface area contributed by atoms with Gasteiger partial charge in [0.2, 0.25) is 0 Å². The SMILES string of the molecule is C.CC.CC.CC.CC.CC.CCC(=O)c1c[nH]c2ccccc12.CCC(=O)c1cn(CCC#N)c2ccccc12.CCC(=O)c1cn(CCc2nn[nH]n2)c2ccccc12.N#CCCBr.O=C(c1c[nH]c2ccccc12)C(F)(F)F.c1ccc2[nH]ccc2c1. The van der Waals surface area contributed by atoms with Gasteiger partial charge < -0.3 is 24.1 Å². The number of nitrogens with one attached hydrogen (secondary N) is 4. The first kappa shape index (κ1) is 80.8. The maximum Gasteiger partial charge on any atom is 0.454 e. The Hall–Kier alpha value is -9.20. The van der Waals surface area contributed by atoms with E-state index in [0.29, 0.717) is 61.8 Å². The highest BCUT2D eigenvalue weighted by atomic mass is 79.9. The third kappa shape index (κ3) is 24.4. The fourth-order valence-corrected chi connectivity index (χ4v) is 8.49. The first-order valence-electron chi connectivity index (χ1n) is 30.3. The summed E-state index contributed by atoms with van der Waals surface area (Å²) < 4.78 is 40.6. The van der Waals surface area contributed by atoms with Gasteiger partial charge in [0.05, 0.1) is 24.1 Å². The monoisotopic (exact) mass is 1300 g/mol. The number of aromatic amines is 4. The van der Waals surface area contributed by atoms with Crippen LogP contribution >= 0.6 is 15.9 Å². The van der Waals surface area contributed by atoms with E-state index in [0.717, 1.165) is 67.5 Å². The van der Waals surface area contributed by atoms with Gasteiger partial charge >= 0.3 is 6.18 Å². The number of hydrogen-bond acceptors (Lipinski definition) is 9. The second-order valence-electron chi connectivity index (χ2n) is 17.3. The van der Waals surface area contributed by atoms with Crippen LogP contribution in [-0.2, 0) is 19.5 Å². The van der Waals surface area contributed by atoms with E-state index in [9.17, 15) is 32.3 Å². The number of fused-ring (bicyclic) bond motifs is 5. The summed E-state index contributed by atoms with van der Waals surface area (Å²) in [6, 6.07) is 44.4. The van der Waals surface area contributed by atoms with Crippen LogP contribution in [0, 0.1) is 22.7 Å². The molecule has 0 aliphatic rings. The van der Waals surface area contributed by atoms with Crippen LogP contribution in [0.4, 0.5) is 13.2 Å². The van der Waals surface area contributed by atoms with Crippen LogP contribution in [0.2, 0.25) is 0 Å². The van der Waals surface area contributed by atoms with Crippen molar-refractivity contribution in [3.05, 3.63) is 186 Å². The van der Waals surface area contributed by atoms with Crippen molar-refractivity contribution in [2.24, 2.45) is 0 Å². The summed E-state index contributed by atoms with van der Waals surface area (Å²) in [5.41, 5.74) is 6.86. The number of Topliss-reactive ketones (excluding diaryl/α,β-unsaturated/α-hetero) is 4. The number of aryl methyl sites for hydroxylation is 3. The van der Waals surface area contributed by atoms with Crippen LogP contribution in [-0.4, -0.2) is 79.3 Å². The second kappa shape index (κ2) is 46.0. The molecule has 5 aromatic carbocycles. The molecular formula is C71H91BrF3N11O4. The van der Waals surface area contributed by atoms with Crippen molar-refractivity contribution in [1.29, 1.82) is 10.5 Å². The summed E-state index contributed by atoms with van der Waals surface area (Å²) >= 11 is 3.09. The summed E-state index contributed by atoms with van der Waals surface area (Å²) in [6.45, 7) is 27.0. The Bertz CT molecular complexity index is 3830. The molecule has 19 heteroatoms. The minimum Gasteiger partial charge on any atom is -0.361 e. The number of H-pyrrole nitrogens is 4. The van der Waals surface area contributed by atoms with Crippen molar-refractivity contribution in [2.45, 2.75) is 155 Å². The Morgan fingerprint density at radius 1 is 0.522 bits per heavy atom. The zero-order chi connectivity index (χ0) is 66.7. The van der Waals surface area contributed by atoms with Crippen LogP contribution in [0.25, 0.3) is 54.5 Å². The average Bonchev–Trinajstić information content (AvgIpc) is 1.81. The molecule has 0 radical (unpaired) electrons. The number of nitrogens with zero attached hydrogens (tertiary/aromatic N) is 7. The highest BCUT2D eigenvalue weighted by Gasteiger charge is 2.40. The molecule has 0 aliphatic carbocycles. The molecule has 0 amide bonds. The number of nitriles is 2. The maximum absolute atomic E-state index is 12.2. The summed E-state index contributed by atoms with van der Waals surface area (Å²) in [5, 5.41) is 35.7. The number of rotatable bonds is 13. The first-order chi connectivity index (χ1) is 43.3. The molecule has 90 heavy (non-hydrogen) atoms. The van der Waals surface area contributed by atoms with Crippen molar-refractivity contribution >= 4 is 93.6 Å². The normalized spacial score (nSPS) is 9.63. The van der Waals surface area contributed by atoms with Gasteiger partial charge in [0.15, 0.2) is 23.2 Å². The smallest absolute Gasteiger partial charge is 0.361 e. The molecule has 0 saturated carbocycles. The average molecular weight is 1300 g/mol.